The monoisotopic (exact) mass is 281 g/mol. The number of carbonyl (C=O) groups is 1. The Labute approximate surface area is 115 Å². The number of methoxy groups -OCH3 is 1. The average molecular weight is 281 g/mol. The van der Waals surface area contributed by atoms with E-state index in [4.69, 9.17) is 4.74 Å². The van der Waals surface area contributed by atoms with Gasteiger partial charge in [0.05, 0.1) is 28.9 Å². The van der Waals surface area contributed by atoms with Crippen LogP contribution in [-0.4, -0.2) is 28.8 Å². The molecular formula is C13H15NO4S. The minimum Gasteiger partial charge on any atom is -0.496 e. The Hall–Kier alpha value is -1.56. The molecule has 1 unspecified atom stereocenters. The van der Waals surface area contributed by atoms with Crippen LogP contribution in [-0.2, 0) is 0 Å². The number of ketones is 1. The molecule has 1 aliphatic heterocycles. The van der Waals surface area contributed by atoms with Crippen LogP contribution in [0.4, 0.5) is 5.69 Å². The summed E-state index contributed by atoms with van der Waals surface area (Å²) < 4.78 is 5.11. The molecule has 2 rings (SSSR count). The van der Waals surface area contributed by atoms with Gasteiger partial charge in [-0.3, -0.25) is 14.9 Å². The highest BCUT2D eigenvalue weighted by atomic mass is 32.2. The van der Waals surface area contributed by atoms with E-state index in [1.807, 2.05) is 0 Å². The van der Waals surface area contributed by atoms with Crippen LogP contribution in [0.15, 0.2) is 18.2 Å². The molecule has 1 atom stereocenters. The number of nitro groups is 1. The van der Waals surface area contributed by atoms with Gasteiger partial charge in [-0.2, -0.15) is 11.8 Å². The molecule has 0 aliphatic carbocycles. The first-order valence-corrected chi connectivity index (χ1v) is 7.16. The molecule has 1 fully saturated rings. The quantitative estimate of drug-likeness (QED) is 0.482. The van der Waals surface area contributed by atoms with Crippen molar-refractivity contribution in [3.8, 4) is 5.75 Å². The third kappa shape index (κ3) is 3.07. The number of nitrogens with zero attached hydrogens (tertiary/aromatic N) is 1. The molecule has 1 saturated heterocycles. The van der Waals surface area contributed by atoms with Gasteiger partial charge in [0.15, 0.2) is 5.78 Å². The molecule has 0 spiro atoms. The highest BCUT2D eigenvalue weighted by Crippen LogP contribution is 2.32. The first kappa shape index (κ1) is 13.9. The summed E-state index contributed by atoms with van der Waals surface area (Å²) in [6, 6.07) is 4.15. The third-order valence-corrected chi connectivity index (χ3v) is 4.51. The van der Waals surface area contributed by atoms with Gasteiger partial charge in [-0.1, -0.05) is 6.42 Å². The lowest BCUT2D eigenvalue weighted by molar-refractivity contribution is -0.384. The predicted molar refractivity (Wildman–Crippen MR) is 74.1 cm³/mol. The van der Waals surface area contributed by atoms with Crippen molar-refractivity contribution in [3.63, 3.8) is 0 Å². The highest BCUT2D eigenvalue weighted by molar-refractivity contribution is 8.00. The van der Waals surface area contributed by atoms with Crippen molar-refractivity contribution >= 4 is 23.2 Å². The van der Waals surface area contributed by atoms with E-state index in [1.165, 1.54) is 25.3 Å². The van der Waals surface area contributed by atoms with E-state index in [2.05, 4.69) is 0 Å². The summed E-state index contributed by atoms with van der Waals surface area (Å²) in [6.45, 7) is 0. The molecule has 0 bridgehead atoms. The molecule has 6 heteroatoms. The molecule has 102 valence electrons. The first-order chi connectivity index (χ1) is 9.13. The maximum absolute atomic E-state index is 12.4. The number of nitro benzene ring substituents is 1. The molecular weight excluding hydrogens is 266 g/mol. The Morgan fingerprint density at radius 1 is 1.47 bits per heavy atom. The maximum Gasteiger partial charge on any atom is 0.273 e. The van der Waals surface area contributed by atoms with Crippen molar-refractivity contribution in [2.24, 2.45) is 0 Å². The Morgan fingerprint density at radius 3 is 2.84 bits per heavy atom. The number of ether oxygens (including phenoxy) is 1. The van der Waals surface area contributed by atoms with Crippen molar-refractivity contribution in [3.05, 3.63) is 33.9 Å². The van der Waals surface area contributed by atoms with Gasteiger partial charge in [-0.15, -0.1) is 0 Å². The molecule has 1 aromatic rings. The van der Waals surface area contributed by atoms with Crippen LogP contribution in [0.3, 0.4) is 0 Å². The first-order valence-electron chi connectivity index (χ1n) is 6.11. The lowest BCUT2D eigenvalue weighted by atomic mass is 10.0. The highest BCUT2D eigenvalue weighted by Gasteiger charge is 2.26. The van der Waals surface area contributed by atoms with Crippen LogP contribution in [0.5, 0.6) is 5.75 Å². The van der Waals surface area contributed by atoms with E-state index >= 15 is 0 Å². The van der Waals surface area contributed by atoms with Gasteiger partial charge < -0.3 is 4.74 Å². The lowest BCUT2D eigenvalue weighted by Gasteiger charge is -2.20. The second kappa shape index (κ2) is 6.06. The molecule has 5 nitrogen and oxygen atoms in total. The van der Waals surface area contributed by atoms with E-state index in [0.717, 1.165) is 25.0 Å². The summed E-state index contributed by atoms with van der Waals surface area (Å²) >= 11 is 1.66. The molecule has 1 aromatic carbocycles. The Kier molecular flexibility index (Phi) is 4.42. The fourth-order valence-electron chi connectivity index (χ4n) is 2.12. The number of rotatable bonds is 4. The van der Waals surface area contributed by atoms with E-state index in [1.54, 1.807) is 11.8 Å². The number of non-ortho nitro benzene ring substituents is 1. The summed E-state index contributed by atoms with van der Waals surface area (Å²) in [4.78, 5) is 22.6. The smallest absolute Gasteiger partial charge is 0.273 e. The maximum atomic E-state index is 12.4. The van der Waals surface area contributed by atoms with Gasteiger partial charge in [0.25, 0.3) is 5.69 Å². The second-order valence-electron chi connectivity index (χ2n) is 4.36. The van der Waals surface area contributed by atoms with Crippen LogP contribution >= 0.6 is 11.8 Å². The molecule has 0 saturated carbocycles. The van der Waals surface area contributed by atoms with Crippen molar-refractivity contribution in [1.29, 1.82) is 0 Å². The normalized spacial score (nSPS) is 18.9. The van der Waals surface area contributed by atoms with Gasteiger partial charge in [-0.05, 0) is 24.7 Å². The Bertz CT molecular complexity index is 497. The summed E-state index contributed by atoms with van der Waals surface area (Å²) in [7, 11) is 1.42. The number of hydrogen-bond acceptors (Lipinski definition) is 5. The topological polar surface area (TPSA) is 69.4 Å². The van der Waals surface area contributed by atoms with Crippen LogP contribution in [0.1, 0.15) is 29.6 Å². The van der Waals surface area contributed by atoms with E-state index < -0.39 is 4.92 Å². The Balaban J connectivity index is 2.27. The number of benzene rings is 1. The van der Waals surface area contributed by atoms with Crippen molar-refractivity contribution in [1.82, 2.24) is 0 Å². The zero-order chi connectivity index (χ0) is 13.8. The summed E-state index contributed by atoms with van der Waals surface area (Å²) in [6.07, 6.45) is 3.06. The number of hydrogen-bond donors (Lipinski definition) is 0. The summed E-state index contributed by atoms with van der Waals surface area (Å²) in [5.74, 6) is 1.29. The van der Waals surface area contributed by atoms with E-state index in [-0.39, 0.29) is 22.5 Å². The molecule has 1 heterocycles. The minimum atomic E-state index is -0.494. The van der Waals surface area contributed by atoms with Gasteiger partial charge in [0.1, 0.15) is 5.75 Å². The predicted octanol–water partition coefficient (Wildman–Crippen LogP) is 3.07. The zero-order valence-corrected chi connectivity index (χ0v) is 11.4. The molecule has 0 radical (unpaired) electrons. The molecule has 19 heavy (non-hydrogen) atoms. The van der Waals surface area contributed by atoms with Gasteiger partial charge in [-0.25, -0.2) is 0 Å². The minimum absolute atomic E-state index is 0.0106. The summed E-state index contributed by atoms with van der Waals surface area (Å²) in [5, 5.41) is 10.7. The largest absolute Gasteiger partial charge is 0.496 e. The van der Waals surface area contributed by atoms with Crippen LogP contribution in [0.25, 0.3) is 0 Å². The van der Waals surface area contributed by atoms with Gasteiger partial charge >= 0.3 is 0 Å². The Morgan fingerprint density at radius 2 is 2.26 bits per heavy atom. The summed E-state index contributed by atoms with van der Waals surface area (Å²) in [5.41, 5.74) is 0.372. The molecule has 0 aromatic heterocycles. The van der Waals surface area contributed by atoms with Gasteiger partial charge in [0, 0.05) is 6.07 Å². The van der Waals surface area contributed by atoms with Crippen LogP contribution in [0.2, 0.25) is 0 Å². The van der Waals surface area contributed by atoms with Crippen LogP contribution < -0.4 is 4.74 Å². The number of Topliss-reactive ketones (excluding diaryl/α,β-unsaturated/α-hetero) is 1. The number of carbonyl (C=O) groups excluding carboxylic acids is 1. The third-order valence-electron chi connectivity index (χ3n) is 3.13. The standard InChI is InChI=1S/C13H15NO4S/c1-18-11-8-9(14(16)17)5-6-10(11)13(15)12-4-2-3-7-19-12/h5-6,8,12H,2-4,7H2,1H3. The fraction of sp³-hybridized carbons (Fsp3) is 0.462. The molecule has 0 amide bonds. The lowest BCUT2D eigenvalue weighted by Crippen LogP contribution is -2.21. The zero-order valence-electron chi connectivity index (χ0n) is 10.6. The van der Waals surface area contributed by atoms with Crippen molar-refractivity contribution in [2.75, 3.05) is 12.9 Å². The number of thioether (sulfide) groups is 1. The average Bonchev–Trinajstić information content (AvgIpc) is 2.46. The van der Waals surface area contributed by atoms with E-state index in [9.17, 15) is 14.9 Å². The SMILES string of the molecule is COc1cc([N+](=O)[O-])ccc1C(=O)C1CCCCS1. The second-order valence-corrected chi connectivity index (χ2v) is 5.67. The van der Waals surface area contributed by atoms with Crippen molar-refractivity contribution in [2.45, 2.75) is 24.5 Å². The van der Waals surface area contributed by atoms with E-state index in [0.29, 0.717) is 5.56 Å². The fourth-order valence-corrected chi connectivity index (χ4v) is 3.38. The van der Waals surface area contributed by atoms with Gasteiger partial charge in [0.2, 0.25) is 0 Å². The molecule has 1 aliphatic rings. The van der Waals surface area contributed by atoms with Crippen LogP contribution in [0, 0.1) is 10.1 Å². The molecule has 0 N–H and O–H groups in total. The van der Waals surface area contributed by atoms with Crippen molar-refractivity contribution < 1.29 is 14.5 Å².